The highest BCUT2D eigenvalue weighted by Gasteiger charge is 2.09. The van der Waals surface area contributed by atoms with Gasteiger partial charge in [0.1, 0.15) is 12.4 Å². The van der Waals surface area contributed by atoms with Gasteiger partial charge in [-0.2, -0.15) is 0 Å². The molecule has 0 amide bonds. The molecule has 152 valence electrons. The van der Waals surface area contributed by atoms with Gasteiger partial charge in [0.15, 0.2) is 11.5 Å². The summed E-state index contributed by atoms with van der Waals surface area (Å²) in [7, 11) is 1.62. The van der Waals surface area contributed by atoms with Crippen molar-refractivity contribution < 1.29 is 13.9 Å². The lowest BCUT2D eigenvalue weighted by Crippen LogP contribution is -2.26. The van der Waals surface area contributed by atoms with Crippen LogP contribution in [0.2, 0.25) is 0 Å². The van der Waals surface area contributed by atoms with Crippen molar-refractivity contribution in [2.75, 3.05) is 7.11 Å². The van der Waals surface area contributed by atoms with Gasteiger partial charge in [0.25, 0.3) is 0 Å². The molecule has 4 heteroatoms. The maximum atomic E-state index is 13.8. The Kier molecular flexibility index (Phi) is 7.65. The Labute approximate surface area is 172 Å². The van der Waals surface area contributed by atoms with Gasteiger partial charge < -0.3 is 14.8 Å². The maximum absolute atomic E-state index is 13.8. The fourth-order valence-electron chi connectivity index (χ4n) is 3.13. The Hall–Kier alpha value is -2.85. The SMILES string of the molecule is COc1cc(CN[C@@H](C)CCc2ccccc2)ccc1OCc1ccccc1F. The van der Waals surface area contributed by atoms with Crippen LogP contribution in [0.25, 0.3) is 0 Å². The van der Waals surface area contributed by atoms with Crippen molar-refractivity contribution in [1.82, 2.24) is 5.32 Å². The third-order valence-electron chi connectivity index (χ3n) is 4.93. The molecule has 0 aliphatic carbocycles. The minimum absolute atomic E-state index is 0.164. The lowest BCUT2D eigenvalue weighted by Gasteiger charge is -2.16. The lowest BCUT2D eigenvalue weighted by atomic mass is 10.1. The predicted molar refractivity (Wildman–Crippen MR) is 115 cm³/mol. The van der Waals surface area contributed by atoms with Crippen LogP contribution in [-0.2, 0) is 19.6 Å². The standard InChI is InChI=1S/C25H28FNO2/c1-19(12-13-20-8-4-3-5-9-20)27-17-21-14-15-24(25(16-21)28-2)29-18-22-10-6-7-11-23(22)26/h3-11,14-16,19,27H,12-13,17-18H2,1-2H3/t19-/m0/s1. The third kappa shape index (κ3) is 6.33. The van der Waals surface area contributed by atoms with Crippen LogP contribution in [-0.4, -0.2) is 13.2 Å². The van der Waals surface area contributed by atoms with E-state index in [0.717, 1.165) is 24.9 Å². The molecule has 0 unspecified atom stereocenters. The Morgan fingerprint density at radius 1 is 0.897 bits per heavy atom. The molecule has 3 aromatic rings. The van der Waals surface area contributed by atoms with Gasteiger partial charge in [-0.15, -0.1) is 0 Å². The number of hydrogen-bond acceptors (Lipinski definition) is 3. The van der Waals surface area contributed by atoms with Crippen molar-refractivity contribution in [3.05, 3.63) is 95.3 Å². The highest BCUT2D eigenvalue weighted by molar-refractivity contribution is 5.43. The highest BCUT2D eigenvalue weighted by atomic mass is 19.1. The molecule has 0 spiro atoms. The Morgan fingerprint density at radius 2 is 1.66 bits per heavy atom. The van der Waals surface area contributed by atoms with Crippen molar-refractivity contribution in [2.45, 2.75) is 39.0 Å². The van der Waals surface area contributed by atoms with E-state index in [0.29, 0.717) is 23.1 Å². The molecule has 0 aliphatic rings. The van der Waals surface area contributed by atoms with E-state index in [9.17, 15) is 4.39 Å². The van der Waals surface area contributed by atoms with Crippen LogP contribution in [0.3, 0.4) is 0 Å². The molecule has 3 nitrogen and oxygen atoms in total. The zero-order valence-electron chi connectivity index (χ0n) is 17.0. The van der Waals surface area contributed by atoms with Gasteiger partial charge in [-0.05, 0) is 49.1 Å². The van der Waals surface area contributed by atoms with E-state index in [1.165, 1.54) is 11.6 Å². The van der Waals surface area contributed by atoms with Crippen molar-refractivity contribution in [1.29, 1.82) is 0 Å². The molecule has 0 aromatic heterocycles. The maximum Gasteiger partial charge on any atom is 0.161 e. The summed E-state index contributed by atoms with van der Waals surface area (Å²) < 4.78 is 25.0. The number of methoxy groups -OCH3 is 1. The minimum Gasteiger partial charge on any atom is -0.493 e. The number of nitrogens with one attached hydrogen (secondary N) is 1. The second-order valence-electron chi connectivity index (χ2n) is 7.17. The van der Waals surface area contributed by atoms with Gasteiger partial charge in [-0.3, -0.25) is 0 Å². The Bertz CT molecular complexity index is 898. The van der Waals surface area contributed by atoms with Crippen LogP contribution in [0, 0.1) is 5.82 Å². The summed E-state index contributed by atoms with van der Waals surface area (Å²) in [6, 6.07) is 23.4. The molecule has 0 saturated heterocycles. The first-order chi connectivity index (χ1) is 14.2. The van der Waals surface area contributed by atoms with Gasteiger partial charge in [-0.25, -0.2) is 4.39 Å². The van der Waals surface area contributed by atoms with Crippen LogP contribution in [0.15, 0.2) is 72.8 Å². The zero-order chi connectivity index (χ0) is 20.5. The topological polar surface area (TPSA) is 30.5 Å². The monoisotopic (exact) mass is 393 g/mol. The summed E-state index contributed by atoms with van der Waals surface area (Å²) in [5.74, 6) is 0.992. The Morgan fingerprint density at radius 3 is 2.41 bits per heavy atom. The van der Waals surface area contributed by atoms with Crippen molar-refractivity contribution in [2.24, 2.45) is 0 Å². The minimum atomic E-state index is -0.267. The van der Waals surface area contributed by atoms with Crippen LogP contribution in [0.4, 0.5) is 4.39 Å². The number of rotatable bonds is 10. The summed E-state index contributed by atoms with van der Waals surface area (Å²) >= 11 is 0. The van der Waals surface area contributed by atoms with Crippen molar-refractivity contribution in [3.8, 4) is 11.5 Å². The average Bonchev–Trinajstić information content (AvgIpc) is 2.76. The van der Waals surface area contributed by atoms with Gasteiger partial charge in [0.2, 0.25) is 0 Å². The molecule has 29 heavy (non-hydrogen) atoms. The number of benzene rings is 3. The molecule has 0 saturated carbocycles. The van der Waals surface area contributed by atoms with E-state index >= 15 is 0 Å². The molecule has 3 aromatic carbocycles. The van der Waals surface area contributed by atoms with E-state index in [1.54, 1.807) is 25.3 Å². The normalized spacial score (nSPS) is 11.8. The van der Waals surface area contributed by atoms with E-state index in [2.05, 4.69) is 36.5 Å². The molecule has 1 atom stereocenters. The first-order valence-corrected chi connectivity index (χ1v) is 9.96. The second-order valence-corrected chi connectivity index (χ2v) is 7.17. The molecule has 1 N–H and O–H groups in total. The third-order valence-corrected chi connectivity index (χ3v) is 4.93. The largest absolute Gasteiger partial charge is 0.493 e. The summed E-state index contributed by atoms with van der Waals surface area (Å²) in [4.78, 5) is 0. The van der Waals surface area contributed by atoms with Gasteiger partial charge in [0.05, 0.1) is 7.11 Å². The van der Waals surface area contributed by atoms with Gasteiger partial charge in [-0.1, -0.05) is 54.6 Å². The van der Waals surface area contributed by atoms with E-state index < -0.39 is 0 Å². The number of ether oxygens (including phenoxy) is 2. The first kappa shape index (κ1) is 20.9. The smallest absolute Gasteiger partial charge is 0.161 e. The van der Waals surface area contributed by atoms with Crippen LogP contribution in [0.1, 0.15) is 30.0 Å². The van der Waals surface area contributed by atoms with Gasteiger partial charge in [0, 0.05) is 18.2 Å². The summed E-state index contributed by atoms with van der Waals surface area (Å²) in [6.07, 6.45) is 2.13. The molecule has 0 fully saturated rings. The molecule has 0 radical (unpaired) electrons. The quantitative estimate of drug-likeness (QED) is 0.492. The number of aryl methyl sites for hydroxylation is 1. The predicted octanol–water partition coefficient (Wildman–Crippen LogP) is 5.52. The summed E-state index contributed by atoms with van der Waals surface area (Å²) in [5.41, 5.74) is 3.00. The van der Waals surface area contributed by atoms with Crippen molar-refractivity contribution in [3.63, 3.8) is 0 Å². The average molecular weight is 394 g/mol. The molecule has 0 heterocycles. The lowest BCUT2D eigenvalue weighted by molar-refractivity contribution is 0.279. The molecular formula is C25H28FNO2. The molecular weight excluding hydrogens is 365 g/mol. The van der Waals surface area contributed by atoms with Crippen LogP contribution < -0.4 is 14.8 Å². The molecule has 3 rings (SSSR count). The first-order valence-electron chi connectivity index (χ1n) is 9.96. The highest BCUT2D eigenvalue weighted by Crippen LogP contribution is 2.29. The second kappa shape index (κ2) is 10.6. The van der Waals surface area contributed by atoms with Crippen LogP contribution in [0.5, 0.6) is 11.5 Å². The fourth-order valence-corrected chi connectivity index (χ4v) is 3.13. The van der Waals surface area contributed by atoms with E-state index in [1.807, 2.05) is 24.3 Å². The number of halogens is 1. The van der Waals surface area contributed by atoms with E-state index in [-0.39, 0.29) is 12.4 Å². The summed E-state index contributed by atoms with van der Waals surface area (Å²) in [5, 5.41) is 3.56. The summed E-state index contributed by atoms with van der Waals surface area (Å²) in [6.45, 7) is 3.11. The zero-order valence-corrected chi connectivity index (χ0v) is 17.0. The fraction of sp³-hybridized carbons (Fsp3) is 0.280. The Balaban J connectivity index is 1.52. The van der Waals surface area contributed by atoms with E-state index in [4.69, 9.17) is 9.47 Å². The van der Waals surface area contributed by atoms with Crippen LogP contribution >= 0.6 is 0 Å². The number of hydrogen-bond donors (Lipinski definition) is 1. The molecule has 0 aliphatic heterocycles. The van der Waals surface area contributed by atoms with Gasteiger partial charge >= 0.3 is 0 Å². The molecule has 0 bridgehead atoms. The van der Waals surface area contributed by atoms with Crippen molar-refractivity contribution >= 4 is 0 Å².